The van der Waals surface area contributed by atoms with Crippen LogP contribution in [0.3, 0.4) is 0 Å². The lowest BCUT2D eigenvalue weighted by atomic mass is 10.2. The summed E-state index contributed by atoms with van der Waals surface area (Å²) in [5.41, 5.74) is 7.61. The Labute approximate surface area is 95.9 Å². The summed E-state index contributed by atoms with van der Waals surface area (Å²) in [6.07, 6.45) is 0.283. The van der Waals surface area contributed by atoms with Crippen LogP contribution in [-0.4, -0.2) is 39.5 Å². The van der Waals surface area contributed by atoms with Gasteiger partial charge in [-0.05, 0) is 24.3 Å². The number of nitrogens with two attached hydrogens (primary N) is 1. The first kappa shape index (κ1) is 11.2. The molecule has 4 heteroatoms. The zero-order valence-electron chi connectivity index (χ0n) is 9.72. The molecular formula is C12H18N2O2. The van der Waals surface area contributed by atoms with Crippen LogP contribution >= 0.6 is 0 Å². The molecule has 2 unspecified atom stereocenters. The van der Waals surface area contributed by atoms with Gasteiger partial charge in [0.05, 0.1) is 0 Å². The van der Waals surface area contributed by atoms with Crippen LogP contribution in [0.2, 0.25) is 0 Å². The summed E-state index contributed by atoms with van der Waals surface area (Å²) in [4.78, 5) is 2.25. The first-order chi connectivity index (χ1) is 7.74. The van der Waals surface area contributed by atoms with Gasteiger partial charge in [-0.3, -0.25) is 0 Å². The third-order valence-electron chi connectivity index (χ3n) is 3.08. The van der Waals surface area contributed by atoms with Crippen LogP contribution in [0.1, 0.15) is 0 Å². The van der Waals surface area contributed by atoms with Crippen molar-refractivity contribution in [2.45, 2.75) is 12.2 Å². The van der Waals surface area contributed by atoms with Gasteiger partial charge in [-0.1, -0.05) is 0 Å². The maximum atomic E-state index is 5.66. The fourth-order valence-corrected chi connectivity index (χ4v) is 2.09. The quantitative estimate of drug-likeness (QED) is 0.778. The average Bonchev–Trinajstić information content (AvgIpc) is 2.73. The Morgan fingerprint density at radius 3 is 2.00 bits per heavy atom. The van der Waals surface area contributed by atoms with Crippen LogP contribution in [-0.2, 0) is 9.47 Å². The van der Waals surface area contributed by atoms with Crippen molar-refractivity contribution in [2.24, 2.45) is 0 Å². The van der Waals surface area contributed by atoms with Crippen LogP contribution in [0.25, 0.3) is 0 Å². The van der Waals surface area contributed by atoms with E-state index < -0.39 is 0 Å². The molecule has 2 rings (SSSR count). The zero-order chi connectivity index (χ0) is 11.5. The van der Waals surface area contributed by atoms with Crippen molar-refractivity contribution >= 4 is 11.4 Å². The second kappa shape index (κ2) is 4.72. The molecule has 16 heavy (non-hydrogen) atoms. The first-order valence-electron chi connectivity index (χ1n) is 5.40. The molecule has 88 valence electrons. The first-order valence-corrected chi connectivity index (χ1v) is 5.40. The molecule has 0 saturated carbocycles. The molecule has 1 aliphatic heterocycles. The van der Waals surface area contributed by atoms with E-state index in [1.807, 2.05) is 24.3 Å². The Balaban J connectivity index is 2.09. The molecule has 1 aliphatic rings. The summed E-state index contributed by atoms with van der Waals surface area (Å²) >= 11 is 0. The second-order valence-electron chi connectivity index (χ2n) is 4.04. The molecule has 1 aromatic carbocycles. The van der Waals surface area contributed by atoms with Crippen LogP contribution < -0.4 is 10.6 Å². The molecule has 0 aromatic heterocycles. The number of methoxy groups -OCH3 is 2. The van der Waals surface area contributed by atoms with Crippen molar-refractivity contribution in [3.63, 3.8) is 0 Å². The number of ether oxygens (including phenoxy) is 2. The maximum absolute atomic E-state index is 5.66. The minimum Gasteiger partial charge on any atom is -0.399 e. The molecule has 0 radical (unpaired) electrons. The van der Waals surface area contributed by atoms with E-state index in [0.717, 1.165) is 24.5 Å². The predicted molar refractivity (Wildman–Crippen MR) is 64.7 cm³/mol. The van der Waals surface area contributed by atoms with Gasteiger partial charge in [0.2, 0.25) is 0 Å². The van der Waals surface area contributed by atoms with Gasteiger partial charge in [-0.15, -0.1) is 0 Å². The molecule has 0 amide bonds. The predicted octanol–water partition coefficient (Wildman–Crippen LogP) is 1.12. The van der Waals surface area contributed by atoms with Gasteiger partial charge < -0.3 is 20.1 Å². The van der Waals surface area contributed by atoms with E-state index in [1.54, 1.807) is 14.2 Å². The lowest BCUT2D eigenvalue weighted by Crippen LogP contribution is -2.27. The van der Waals surface area contributed by atoms with Crippen molar-refractivity contribution in [1.29, 1.82) is 0 Å². The number of hydrogen-bond donors (Lipinski definition) is 1. The fourth-order valence-electron chi connectivity index (χ4n) is 2.09. The third-order valence-corrected chi connectivity index (χ3v) is 3.08. The number of nitrogens with zero attached hydrogens (tertiary/aromatic N) is 1. The number of anilines is 2. The highest BCUT2D eigenvalue weighted by Crippen LogP contribution is 2.24. The van der Waals surface area contributed by atoms with Crippen molar-refractivity contribution in [2.75, 3.05) is 37.9 Å². The Hall–Kier alpha value is -1.26. The summed E-state index contributed by atoms with van der Waals surface area (Å²) < 4.78 is 10.8. The lowest BCUT2D eigenvalue weighted by molar-refractivity contribution is -0.00461. The molecule has 1 saturated heterocycles. The molecule has 0 spiro atoms. The molecule has 1 fully saturated rings. The summed E-state index contributed by atoms with van der Waals surface area (Å²) in [6, 6.07) is 7.88. The van der Waals surface area contributed by atoms with E-state index in [9.17, 15) is 0 Å². The van der Waals surface area contributed by atoms with Crippen molar-refractivity contribution < 1.29 is 9.47 Å². The Morgan fingerprint density at radius 2 is 1.56 bits per heavy atom. The van der Waals surface area contributed by atoms with E-state index in [2.05, 4.69) is 4.90 Å². The minimum absolute atomic E-state index is 0.141. The molecular weight excluding hydrogens is 204 g/mol. The number of hydrogen-bond acceptors (Lipinski definition) is 4. The summed E-state index contributed by atoms with van der Waals surface area (Å²) in [6.45, 7) is 1.72. The Morgan fingerprint density at radius 1 is 1.06 bits per heavy atom. The molecule has 4 nitrogen and oxygen atoms in total. The highest BCUT2D eigenvalue weighted by molar-refractivity contribution is 5.54. The normalized spacial score (nSPS) is 25.0. The Bertz CT molecular complexity index is 327. The smallest absolute Gasteiger partial charge is 0.102 e. The van der Waals surface area contributed by atoms with Crippen molar-refractivity contribution in [1.82, 2.24) is 0 Å². The minimum atomic E-state index is 0.141. The highest BCUT2D eigenvalue weighted by atomic mass is 16.5. The molecule has 0 aliphatic carbocycles. The van der Waals surface area contributed by atoms with Gasteiger partial charge in [-0.2, -0.15) is 0 Å². The van der Waals surface area contributed by atoms with E-state index in [-0.39, 0.29) is 12.2 Å². The molecule has 1 heterocycles. The number of benzene rings is 1. The van der Waals surface area contributed by atoms with Gasteiger partial charge in [0.15, 0.2) is 0 Å². The molecule has 2 atom stereocenters. The largest absolute Gasteiger partial charge is 0.399 e. The van der Waals surface area contributed by atoms with Crippen molar-refractivity contribution in [3.8, 4) is 0 Å². The third kappa shape index (κ3) is 2.13. The summed E-state index contributed by atoms with van der Waals surface area (Å²) in [7, 11) is 3.45. The van der Waals surface area contributed by atoms with Gasteiger partial charge in [0, 0.05) is 38.7 Å². The summed E-state index contributed by atoms with van der Waals surface area (Å²) in [5, 5.41) is 0. The Kier molecular flexibility index (Phi) is 3.31. The second-order valence-corrected chi connectivity index (χ2v) is 4.04. The fraction of sp³-hybridized carbons (Fsp3) is 0.500. The van der Waals surface area contributed by atoms with Gasteiger partial charge >= 0.3 is 0 Å². The number of nitrogen functional groups attached to an aromatic ring is 1. The molecule has 0 bridgehead atoms. The summed E-state index contributed by atoms with van der Waals surface area (Å²) in [5.74, 6) is 0. The van der Waals surface area contributed by atoms with Crippen LogP contribution in [0.5, 0.6) is 0 Å². The van der Waals surface area contributed by atoms with E-state index in [1.165, 1.54) is 0 Å². The van der Waals surface area contributed by atoms with E-state index in [4.69, 9.17) is 15.2 Å². The van der Waals surface area contributed by atoms with E-state index >= 15 is 0 Å². The van der Waals surface area contributed by atoms with Crippen LogP contribution in [0.15, 0.2) is 24.3 Å². The number of rotatable bonds is 3. The van der Waals surface area contributed by atoms with Crippen molar-refractivity contribution in [3.05, 3.63) is 24.3 Å². The van der Waals surface area contributed by atoms with Gasteiger partial charge in [0.25, 0.3) is 0 Å². The molecule has 1 aromatic rings. The maximum Gasteiger partial charge on any atom is 0.102 e. The van der Waals surface area contributed by atoms with E-state index in [0.29, 0.717) is 0 Å². The monoisotopic (exact) mass is 222 g/mol. The topological polar surface area (TPSA) is 47.7 Å². The molecule has 2 N–H and O–H groups in total. The standard InChI is InChI=1S/C12H18N2O2/c1-15-11-7-14(8-12(11)16-2)10-5-3-9(13)4-6-10/h3-6,11-12H,7-8,13H2,1-2H3. The van der Waals surface area contributed by atoms with Gasteiger partial charge in [-0.25, -0.2) is 0 Å². The average molecular weight is 222 g/mol. The van der Waals surface area contributed by atoms with Crippen LogP contribution in [0, 0.1) is 0 Å². The highest BCUT2D eigenvalue weighted by Gasteiger charge is 2.32. The van der Waals surface area contributed by atoms with Gasteiger partial charge in [0.1, 0.15) is 12.2 Å². The SMILES string of the molecule is COC1CN(c2ccc(N)cc2)CC1OC. The lowest BCUT2D eigenvalue weighted by Gasteiger charge is -2.17. The van der Waals surface area contributed by atoms with Crippen LogP contribution in [0.4, 0.5) is 11.4 Å². The zero-order valence-corrected chi connectivity index (χ0v) is 9.72.